The van der Waals surface area contributed by atoms with Crippen molar-refractivity contribution in [2.24, 2.45) is 5.92 Å². The lowest BCUT2D eigenvalue weighted by atomic mass is 9.97. The summed E-state index contributed by atoms with van der Waals surface area (Å²) < 4.78 is 5.19. The van der Waals surface area contributed by atoms with Gasteiger partial charge in [0.05, 0.1) is 12.3 Å². The van der Waals surface area contributed by atoms with Crippen molar-refractivity contribution in [1.82, 2.24) is 14.9 Å². The average Bonchev–Trinajstić information content (AvgIpc) is 2.89. The molecule has 0 saturated heterocycles. The number of carbonyl (C=O) groups excluding carboxylic acids is 4. The molecule has 0 bridgehead atoms. The van der Waals surface area contributed by atoms with E-state index in [1.54, 1.807) is 81.4 Å². The Kier molecular flexibility index (Phi) is 9.01. The Morgan fingerprint density at radius 1 is 1.00 bits per heavy atom. The van der Waals surface area contributed by atoms with Gasteiger partial charge in [-0.2, -0.15) is 0 Å². The molecule has 2 aromatic carbocycles. The summed E-state index contributed by atoms with van der Waals surface area (Å²) in [6, 6.07) is 14.5. The lowest BCUT2D eigenvalue weighted by Gasteiger charge is -2.46. The molecule has 1 aliphatic rings. The quantitative estimate of drug-likeness (QED) is 0.502. The molecular weight excluding hydrogens is 490 g/mol. The molecular formula is C28H31N3O7. The first-order chi connectivity index (χ1) is 18.1. The highest BCUT2D eigenvalue weighted by Gasteiger charge is 2.47. The minimum atomic E-state index is -1.74. The maximum Gasteiger partial charge on any atom is 0.414 e. The molecule has 0 fully saturated rings. The van der Waals surface area contributed by atoms with Gasteiger partial charge in [-0.05, 0) is 18.4 Å². The van der Waals surface area contributed by atoms with Crippen LogP contribution in [0.3, 0.4) is 0 Å². The van der Waals surface area contributed by atoms with E-state index in [0.717, 1.165) is 16.9 Å². The first-order valence-electron chi connectivity index (χ1n) is 12.3. The summed E-state index contributed by atoms with van der Waals surface area (Å²) in [6.07, 6.45) is 0.510. The van der Waals surface area contributed by atoms with Crippen molar-refractivity contribution in [3.63, 3.8) is 0 Å². The van der Waals surface area contributed by atoms with E-state index in [9.17, 15) is 29.1 Å². The van der Waals surface area contributed by atoms with Crippen molar-refractivity contribution >= 4 is 35.4 Å². The monoisotopic (exact) mass is 521 g/mol. The number of benzene rings is 2. The molecule has 38 heavy (non-hydrogen) atoms. The molecule has 1 unspecified atom stereocenters. The van der Waals surface area contributed by atoms with Crippen molar-refractivity contribution in [3.05, 3.63) is 78.0 Å². The summed E-state index contributed by atoms with van der Waals surface area (Å²) in [4.78, 5) is 66.3. The Balaban J connectivity index is 2.26. The molecule has 3 rings (SSSR count). The van der Waals surface area contributed by atoms with Gasteiger partial charge in [0, 0.05) is 25.1 Å². The minimum Gasteiger partial charge on any atom is -0.475 e. The van der Waals surface area contributed by atoms with Gasteiger partial charge in [0.2, 0.25) is 5.91 Å². The number of hydrogen-bond donors (Lipinski definition) is 1. The van der Waals surface area contributed by atoms with Gasteiger partial charge in [0.25, 0.3) is 11.7 Å². The number of ketones is 1. The van der Waals surface area contributed by atoms with E-state index in [1.165, 1.54) is 11.1 Å². The van der Waals surface area contributed by atoms with Crippen LogP contribution in [-0.2, 0) is 30.3 Å². The molecule has 2 aromatic rings. The number of rotatable bonds is 9. The number of hydrogen-bond acceptors (Lipinski definition) is 6. The fourth-order valence-corrected chi connectivity index (χ4v) is 4.40. The third-order valence-electron chi connectivity index (χ3n) is 6.05. The minimum absolute atomic E-state index is 0.0817. The number of nitrogens with zero attached hydrogens (tertiary/aromatic N) is 3. The van der Waals surface area contributed by atoms with Gasteiger partial charge in [-0.3, -0.25) is 19.3 Å². The summed E-state index contributed by atoms with van der Waals surface area (Å²) in [5, 5.41) is 11.6. The van der Waals surface area contributed by atoms with Gasteiger partial charge in [0.15, 0.2) is 0 Å². The van der Waals surface area contributed by atoms with Gasteiger partial charge in [-0.15, -0.1) is 0 Å². The Morgan fingerprint density at radius 3 is 2.08 bits per heavy atom. The maximum atomic E-state index is 14.1. The van der Waals surface area contributed by atoms with Crippen LogP contribution in [0.5, 0.6) is 0 Å². The highest BCUT2D eigenvalue weighted by molar-refractivity contribution is 6.35. The molecule has 3 amide bonds. The van der Waals surface area contributed by atoms with Crippen molar-refractivity contribution < 1.29 is 33.8 Å². The molecule has 10 heteroatoms. The third-order valence-corrected chi connectivity index (χ3v) is 6.05. The van der Waals surface area contributed by atoms with Crippen molar-refractivity contribution in [2.75, 3.05) is 6.61 Å². The normalized spacial score (nSPS) is 16.1. The summed E-state index contributed by atoms with van der Waals surface area (Å²) in [5.41, 5.74) is 1.18. The van der Waals surface area contributed by atoms with E-state index in [2.05, 4.69) is 0 Å². The number of carboxylic acids is 1. The van der Waals surface area contributed by atoms with E-state index in [4.69, 9.17) is 4.74 Å². The van der Waals surface area contributed by atoms with Crippen LogP contribution in [0.25, 0.3) is 5.70 Å². The summed E-state index contributed by atoms with van der Waals surface area (Å²) in [5.74, 6) is -4.80. The molecule has 0 radical (unpaired) electrons. The highest BCUT2D eigenvalue weighted by atomic mass is 16.6. The molecule has 2 atom stereocenters. The largest absolute Gasteiger partial charge is 0.475 e. The zero-order chi connectivity index (χ0) is 28.0. The number of ether oxygens (including phenoxy) is 1. The van der Waals surface area contributed by atoms with Gasteiger partial charge in [0.1, 0.15) is 12.1 Å². The smallest absolute Gasteiger partial charge is 0.414 e. The second kappa shape index (κ2) is 12.2. The highest BCUT2D eigenvalue weighted by Crippen LogP contribution is 2.33. The van der Waals surface area contributed by atoms with Crippen molar-refractivity contribution in [3.8, 4) is 0 Å². The molecule has 200 valence electrons. The van der Waals surface area contributed by atoms with E-state index < -0.39 is 47.7 Å². The lowest BCUT2D eigenvalue weighted by Crippen LogP contribution is -2.64. The average molecular weight is 522 g/mol. The molecule has 0 spiro atoms. The van der Waals surface area contributed by atoms with E-state index in [1.807, 2.05) is 0 Å². The molecule has 0 aliphatic carbocycles. The zero-order valence-corrected chi connectivity index (χ0v) is 21.7. The first-order valence-corrected chi connectivity index (χ1v) is 12.3. The second-order valence-electron chi connectivity index (χ2n) is 9.06. The predicted molar refractivity (Wildman–Crippen MR) is 138 cm³/mol. The van der Waals surface area contributed by atoms with Crippen LogP contribution < -0.4 is 0 Å². The van der Waals surface area contributed by atoms with Gasteiger partial charge < -0.3 is 9.84 Å². The number of Topliss-reactive ketones (excluding diaryl/α,β-unsaturated/α-hetero) is 1. The zero-order valence-electron chi connectivity index (χ0n) is 21.7. The van der Waals surface area contributed by atoms with Gasteiger partial charge in [-0.25, -0.2) is 19.6 Å². The van der Waals surface area contributed by atoms with Crippen molar-refractivity contribution in [2.45, 2.75) is 46.2 Å². The summed E-state index contributed by atoms with van der Waals surface area (Å²) in [7, 11) is 0. The maximum absolute atomic E-state index is 14.1. The van der Waals surface area contributed by atoms with Crippen LogP contribution in [0.4, 0.5) is 4.79 Å². The molecule has 1 N–H and O–H groups in total. The summed E-state index contributed by atoms with van der Waals surface area (Å²) in [6.45, 7) is 6.35. The standard InChI is InChI=1S/C28H31N3O7/c1-5-38-28(37)29-17-23(21-14-10-7-11-15-21)31(26(34)24(29)18(2)3)30(19(4)32)22(25(33)27(35)36)16-20-12-8-6-9-13-20/h6-15,17-18,22,24H,5,16H2,1-4H3,(H,35,36)/t22-,24?/m0/s1. The first kappa shape index (κ1) is 28.1. The molecule has 1 heterocycles. The fraction of sp³-hybridized carbons (Fsp3) is 0.321. The van der Waals surface area contributed by atoms with Crippen LogP contribution in [0, 0.1) is 5.92 Å². The Labute approximate surface area is 221 Å². The van der Waals surface area contributed by atoms with E-state index in [0.29, 0.717) is 11.1 Å². The Morgan fingerprint density at radius 2 is 1.58 bits per heavy atom. The van der Waals surface area contributed by atoms with Crippen molar-refractivity contribution in [1.29, 1.82) is 0 Å². The SMILES string of the molecule is CCOC(=O)N1C=C(c2ccccc2)N(N(C(C)=O)[C@@H](Cc2ccccc2)C(=O)C(=O)O)C(=O)C1C(C)C. The van der Waals surface area contributed by atoms with Crippen LogP contribution in [0.2, 0.25) is 0 Å². The van der Waals surface area contributed by atoms with E-state index >= 15 is 0 Å². The molecule has 0 saturated carbocycles. The Bertz CT molecular complexity index is 1230. The van der Waals surface area contributed by atoms with Crippen LogP contribution >= 0.6 is 0 Å². The topological polar surface area (TPSA) is 125 Å². The summed E-state index contributed by atoms with van der Waals surface area (Å²) >= 11 is 0. The predicted octanol–water partition coefficient (Wildman–Crippen LogP) is 3.34. The molecule has 0 aromatic heterocycles. The molecule has 10 nitrogen and oxygen atoms in total. The lowest BCUT2D eigenvalue weighted by molar-refractivity contribution is -0.169. The number of carboxylic acid groups (broad SMARTS) is 1. The number of amides is 3. The van der Waals surface area contributed by atoms with Crippen LogP contribution in [0.15, 0.2) is 66.9 Å². The number of aliphatic carboxylic acids is 1. The second-order valence-corrected chi connectivity index (χ2v) is 9.06. The van der Waals surface area contributed by atoms with Crippen LogP contribution in [0.1, 0.15) is 38.8 Å². The van der Waals surface area contributed by atoms with Crippen LogP contribution in [-0.4, -0.2) is 68.4 Å². The Hall–Kier alpha value is -4.47. The van der Waals surface area contributed by atoms with E-state index in [-0.39, 0.29) is 18.7 Å². The third kappa shape index (κ3) is 5.91. The van der Waals surface area contributed by atoms with Gasteiger partial charge in [-0.1, -0.05) is 74.5 Å². The number of hydrazine groups is 1. The number of carbonyl (C=O) groups is 5. The van der Waals surface area contributed by atoms with Gasteiger partial charge >= 0.3 is 12.1 Å². The molecule has 1 aliphatic heterocycles. The fourth-order valence-electron chi connectivity index (χ4n) is 4.40.